The van der Waals surface area contributed by atoms with Gasteiger partial charge in [-0.25, -0.2) is 4.98 Å². The van der Waals surface area contributed by atoms with Crippen LogP contribution in [0.1, 0.15) is 5.69 Å². The van der Waals surface area contributed by atoms with Crippen molar-refractivity contribution >= 4 is 11.7 Å². The van der Waals surface area contributed by atoms with Gasteiger partial charge in [0.2, 0.25) is 5.84 Å². The largest absolute Gasteiger partial charge is 0.345 e. The van der Waals surface area contributed by atoms with Gasteiger partial charge in [-0.2, -0.15) is 5.26 Å². The minimum atomic E-state index is 0.324. The quantitative estimate of drug-likeness (QED) is 0.552. The van der Waals surface area contributed by atoms with Crippen molar-refractivity contribution in [3.05, 3.63) is 12.0 Å². The number of amidine groups is 1. The molecule has 0 aliphatic carbocycles. The minimum absolute atomic E-state index is 0.324. The molecule has 0 saturated heterocycles. The molecule has 0 radical (unpaired) electrons. The first-order valence-corrected chi connectivity index (χ1v) is 3.14. The summed E-state index contributed by atoms with van der Waals surface area (Å²) in [6.07, 6.45) is 1.58. The van der Waals surface area contributed by atoms with Crippen molar-refractivity contribution in [1.29, 1.82) is 5.26 Å². The van der Waals surface area contributed by atoms with E-state index in [1.54, 1.807) is 6.33 Å². The Morgan fingerprint density at radius 3 is 3.36 bits per heavy atom. The lowest BCUT2D eigenvalue weighted by atomic mass is 10.4. The minimum Gasteiger partial charge on any atom is -0.345 e. The van der Waals surface area contributed by atoms with Gasteiger partial charge in [-0.15, -0.1) is 0 Å². The number of nitrogens with zero attached hydrogens (tertiary/aromatic N) is 3. The van der Waals surface area contributed by atoms with Crippen LogP contribution in [0, 0.1) is 11.3 Å². The molecule has 0 bridgehead atoms. The summed E-state index contributed by atoms with van der Waals surface area (Å²) in [6, 6.07) is 1.92. The van der Waals surface area contributed by atoms with Crippen molar-refractivity contribution in [1.82, 2.24) is 9.97 Å². The highest BCUT2D eigenvalue weighted by Crippen LogP contribution is 2.14. The molecule has 0 atom stereocenters. The Balaban J connectivity index is 2.35. The number of fused-ring (bicyclic) bond motifs is 1. The molecule has 2 heterocycles. The number of rotatable bonds is 0. The Morgan fingerprint density at radius 2 is 2.55 bits per heavy atom. The summed E-state index contributed by atoms with van der Waals surface area (Å²) in [7, 11) is 0. The molecule has 0 aromatic carbocycles. The van der Waals surface area contributed by atoms with Gasteiger partial charge >= 0.3 is 0 Å². The Hall–Kier alpha value is -1.83. The van der Waals surface area contributed by atoms with Gasteiger partial charge in [0.15, 0.2) is 5.82 Å². The van der Waals surface area contributed by atoms with Crippen LogP contribution in [-0.2, 0) is 6.54 Å². The average molecular weight is 147 g/mol. The molecule has 11 heavy (non-hydrogen) atoms. The molecule has 5 heteroatoms. The molecule has 0 spiro atoms. The van der Waals surface area contributed by atoms with E-state index < -0.39 is 0 Å². The summed E-state index contributed by atoms with van der Waals surface area (Å²) in [4.78, 5) is 10.8. The van der Waals surface area contributed by atoms with E-state index in [2.05, 4.69) is 20.3 Å². The molecule has 1 aromatic heterocycles. The second-order valence-electron chi connectivity index (χ2n) is 2.13. The maximum Gasteiger partial charge on any atom is 0.207 e. The fourth-order valence-corrected chi connectivity index (χ4v) is 0.922. The van der Waals surface area contributed by atoms with E-state index in [4.69, 9.17) is 5.26 Å². The van der Waals surface area contributed by atoms with Crippen LogP contribution in [0.25, 0.3) is 0 Å². The number of H-pyrrole nitrogens is 1. The van der Waals surface area contributed by atoms with Crippen molar-refractivity contribution in [3.8, 4) is 6.07 Å². The van der Waals surface area contributed by atoms with Crippen molar-refractivity contribution in [2.24, 2.45) is 4.99 Å². The summed E-state index contributed by atoms with van der Waals surface area (Å²) in [5, 5.41) is 11.2. The molecule has 0 amide bonds. The van der Waals surface area contributed by atoms with Crippen LogP contribution in [0.15, 0.2) is 11.3 Å². The second-order valence-corrected chi connectivity index (χ2v) is 2.13. The van der Waals surface area contributed by atoms with E-state index in [0.29, 0.717) is 18.2 Å². The lowest BCUT2D eigenvalue weighted by Crippen LogP contribution is -2.15. The highest BCUT2D eigenvalue weighted by molar-refractivity contribution is 6.07. The normalized spacial score (nSPS) is 14.3. The van der Waals surface area contributed by atoms with Crippen LogP contribution < -0.4 is 5.32 Å². The lowest BCUT2D eigenvalue weighted by molar-refractivity contribution is 0.998. The Bertz CT molecular complexity index is 342. The molecule has 0 saturated carbocycles. The molecule has 54 valence electrons. The number of imidazole rings is 1. The van der Waals surface area contributed by atoms with Crippen LogP contribution in [-0.4, -0.2) is 15.8 Å². The monoisotopic (exact) mass is 147 g/mol. The zero-order valence-electron chi connectivity index (χ0n) is 5.63. The Kier molecular flexibility index (Phi) is 1.13. The fraction of sp³-hybridized carbons (Fsp3) is 0.167. The first kappa shape index (κ1) is 5.92. The van der Waals surface area contributed by atoms with Crippen LogP contribution in [0.2, 0.25) is 0 Å². The van der Waals surface area contributed by atoms with E-state index in [0.717, 1.165) is 5.69 Å². The van der Waals surface area contributed by atoms with E-state index in [9.17, 15) is 0 Å². The van der Waals surface area contributed by atoms with Crippen LogP contribution >= 0.6 is 0 Å². The maximum atomic E-state index is 8.47. The third-order valence-electron chi connectivity index (χ3n) is 1.46. The summed E-state index contributed by atoms with van der Waals surface area (Å²) in [6.45, 7) is 0.505. The molecule has 1 aromatic rings. The van der Waals surface area contributed by atoms with E-state index in [-0.39, 0.29) is 0 Å². The molecule has 2 rings (SSSR count). The molecular weight excluding hydrogens is 142 g/mol. The van der Waals surface area contributed by atoms with Gasteiger partial charge in [-0.05, 0) is 0 Å². The van der Waals surface area contributed by atoms with Crippen LogP contribution in [0.4, 0.5) is 5.82 Å². The zero-order valence-corrected chi connectivity index (χ0v) is 5.63. The van der Waals surface area contributed by atoms with E-state index >= 15 is 0 Å². The fourth-order valence-electron chi connectivity index (χ4n) is 0.922. The number of hydrogen-bond acceptors (Lipinski definition) is 4. The van der Waals surface area contributed by atoms with Crippen molar-refractivity contribution < 1.29 is 0 Å². The number of anilines is 1. The van der Waals surface area contributed by atoms with Crippen LogP contribution in [0.5, 0.6) is 0 Å². The highest BCUT2D eigenvalue weighted by Gasteiger charge is 2.11. The maximum absolute atomic E-state index is 8.47. The summed E-state index contributed by atoms with van der Waals surface area (Å²) in [5.41, 5.74) is 0.920. The lowest BCUT2D eigenvalue weighted by Gasteiger charge is -2.07. The predicted molar refractivity (Wildman–Crippen MR) is 39.0 cm³/mol. The summed E-state index contributed by atoms with van der Waals surface area (Å²) >= 11 is 0. The second kappa shape index (κ2) is 2.09. The van der Waals surface area contributed by atoms with Gasteiger partial charge < -0.3 is 10.3 Å². The number of aromatic nitrogens is 2. The third-order valence-corrected chi connectivity index (χ3v) is 1.46. The molecule has 1 aliphatic heterocycles. The van der Waals surface area contributed by atoms with Gasteiger partial charge in [-0.3, -0.25) is 4.99 Å². The first-order chi connectivity index (χ1) is 5.40. The van der Waals surface area contributed by atoms with E-state index in [1.807, 2.05) is 6.07 Å². The van der Waals surface area contributed by atoms with Gasteiger partial charge in [0.25, 0.3) is 0 Å². The number of hydrogen-bond donors (Lipinski definition) is 2. The summed E-state index contributed by atoms with van der Waals surface area (Å²) in [5.74, 6) is 1.03. The third kappa shape index (κ3) is 0.846. The smallest absolute Gasteiger partial charge is 0.207 e. The van der Waals surface area contributed by atoms with Gasteiger partial charge in [-0.1, -0.05) is 0 Å². The number of nitrogens with one attached hydrogen (secondary N) is 2. The van der Waals surface area contributed by atoms with Crippen molar-refractivity contribution in [3.63, 3.8) is 0 Å². The number of aromatic amines is 1. The predicted octanol–water partition coefficient (Wildman–Crippen LogP) is 0.257. The topological polar surface area (TPSA) is 76.9 Å². The van der Waals surface area contributed by atoms with Gasteiger partial charge in [0.05, 0.1) is 18.6 Å². The highest BCUT2D eigenvalue weighted by atomic mass is 15.1. The molecule has 1 aliphatic rings. The molecule has 5 nitrogen and oxygen atoms in total. The molecule has 2 N–H and O–H groups in total. The first-order valence-electron chi connectivity index (χ1n) is 3.14. The van der Waals surface area contributed by atoms with Gasteiger partial charge in [0, 0.05) is 0 Å². The van der Waals surface area contributed by atoms with Crippen molar-refractivity contribution in [2.45, 2.75) is 6.54 Å². The SMILES string of the molecule is N#CC1=NCc2[nH]cnc2N1. The standard InChI is InChI=1S/C6H5N5/c7-1-5-8-2-4-6(11-5)10-3-9-4/h3H,2H2,(H,8,11)(H,9,10). The molecule has 0 unspecified atom stereocenters. The average Bonchev–Trinajstić information content (AvgIpc) is 2.50. The zero-order chi connectivity index (χ0) is 7.68. The number of nitriles is 1. The van der Waals surface area contributed by atoms with Crippen LogP contribution in [0.3, 0.4) is 0 Å². The Morgan fingerprint density at radius 1 is 1.64 bits per heavy atom. The summed E-state index contributed by atoms with van der Waals surface area (Å²) < 4.78 is 0. The van der Waals surface area contributed by atoms with E-state index in [1.165, 1.54) is 0 Å². The Labute approximate surface area is 62.8 Å². The number of aliphatic imine (C=N–C) groups is 1. The van der Waals surface area contributed by atoms with Crippen molar-refractivity contribution in [2.75, 3.05) is 5.32 Å². The molecular formula is C6H5N5. The molecule has 0 fully saturated rings. The van der Waals surface area contributed by atoms with Gasteiger partial charge in [0.1, 0.15) is 6.07 Å².